The summed E-state index contributed by atoms with van der Waals surface area (Å²) in [7, 11) is 1.68. The maximum Gasteiger partial charge on any atom is 0.0716 e. The molecule has 140 valence electrons. The van der Waals surface area contributed by atoms with Crippen LogP contribution < -0.4 is 0 Å². The van der Waals surface area contributed by atoms with E-state index in [1.165, 1.54) is 0 Å². The molecule has 0 radical (unpaired) electrons. The molecule has 26 heavy (non-hydrogen) atoms. The molecule has 0 amide bonds. The van der Waals surface area contributed by atoms with Crippen LogP contribution in [0.1, 0.15) is 43.7 Å². The van der Waals surface area contributed by atoms with Gasteiger partial charge in [-0.1, -0.05) is 35.4 Å². The summed E-state index contributed by atoms with van der Waals surface area (Å²) >= 11 is 0. The number of hydrogen-bond donors (Lipinski definition) is 1. The Morgan fingerprint density at radius 3 is 2.77 bits per heavy atom. The second-order valence-corrected chi connectivity index (χ2v) is 8.37. The van der Waals surface area contributed by atoms with Crippen LogP contribution in [-0.2, 0) is 9.47 Å². The number of nitrogens with zero attached hydrogens (tertiary/aromatic N) is 3. The Kier molecular flexibility index (Phi) is 4.70. The fourth-order valence-electron chi connectivity index (χ4n) is 6.19. The Morgan fingerprint density at radius 1 is 1.27 bits per heavy atom. The zero-order valence-corrected chi connectivity index (χ0v) is 15.3. The van der Waals surface area contributed by atoms with Gasteiger partial charge in [0.15, 0.2) is 0 Å². The molecule has 6 nitrogen and oxygen atoms in total. The lowest BCUT2D eigenvalue weighted by molar-refractivity contribution is -0.253. The number of methoxy groups -OCH3 is 1. The summed E-state index contributed by atoms with van der Waals surface area (Å²) in [4.78, 5) is 3.12. The van der Waals surface area contributed by atoms with Gasteiger partial charge in [-0.05, 0) is 48.6 Å². The Labute approximate surface area is 154 Å². The molecule has 0 heterocycles. The summed E-state index contributed by atoms with van der Waals surface area (Å²) in [5.41, 5.74) is 9.09. The Hall–Kier alpha value is -1.59. The minimum Gasteiger partial charge on any atom is -0.389 e. The van der Waals surface area contributed by atoms with Crippen molar-refractivity contribution in [2.45, 2.75) is 49.3 Å². The van der Waals surface area contributed by atoms with Gasteiger partial charge in [-0.15, -0.1) is 0 Å². The topological polar surface area (TPSA) is 87.5 Å². The van der Waals surface area contributed by atoms with E-state index >= 15 is 0 Å². The second kappa shape index (κ2) is 6.86. The molecular weight excluding hydrogens is 330 g/mol. The van der Waals surface area contributed by atoms with Gasteiger partial charge in [0.1, 0.15) is 0 Å². The monoisotopic (exact) mass is 357 g/mol. The second-order valence-electron chi connectivity index (χ2n) is 8.37. The number of hydrogen-bond acceptors (Lipinski definition) is 4. The molecule has 0 aromatic heterocycles. The van der Waals surface area contributed by atoms with Crippen LogP contribution in [-0.4, -0.2) is 36.6 Å². The molecule has 0 spiro atoms. The predicted molar refractivity (Wildman–Crippen MR) is 97.4 cm³/mol. The van der Waals surface area contributed by atoms with Gasteiger partial charge in [-0.2, -0.15) is 0 Å². The lowest BCUT2D eigenvalue weighted by Crippen LogP contribution is -2.65. The largest absolute Gasteiger partial charge is 0.389 e. The summed E-state index contributed by atoms with van der Waals surface area (Å²) in [6.45, 7) is 1.14. The molecule has 4 aliphatic rings. The van der Waals surface area contributed by atoms with Crippen molar-refractivity contribution in [3.05, 3.63) is 46.3 Å². The van der Waals surface area contributed by atoms with Crippen LogP contribution in [0.4, 0.5) is 0 Å². The average molecular weight is 357 g/mol. The van der Waals surface area contributed by atoms with Gasteiger partial charge < -0.3 is 14.6 Å². The van der Waals surface area contributed by atoms with Crippen LogP contribution in [0, 0.1) is 17.8 Å². The van der Waals surface area contributed by atoms with Crippen molar-refractivity contribution >= 4 is 0 Å². The third kappa shape index (κ3) is 3.01. The first kappa shape index (κ1) is 17.8. The number of rotatable bonds is 7. The highest BCUT2D eigenvalue weighted by Crippen LogP contribution is 2.64. The molecule has 1 N–H and O–H groups in total. The number of aliphatic hydroxyl groups is 1. The zero-order chi connectivity index (χ0) is 18.2. The normalized spacial score (nSPS) is 38.8. The molecule has 4 aliphatic carbocycles. The van der Waals surface area contributed by atoms with Gasteiger partial charge in [-0.25, -0.2) is 0 Å². The van der Waals surface area contributed by atoms with Crippen LogP contribution in [0.2, 0.25) is 0 Å². The fraction of sp³-hybridized carbons (Fsp3) is 0.700. The van der Waals surface area contributed by atoms with Gasteiger partial charge in [-0.3, -0.25) is 0 Å². The van der Waals surface area contributed by atoms with E-state index in [9.17, 15) is 5.11 Å². The zero-order valence-electron chi connectivity index (χ0n) is 15.3. The summed E-state index contributed by atoms with van der Waals surface area (Å²) in [6, 6.07) is 9.56. The highest BCUT2D eigenvalue weighted by Gasteiger charge is 2.64. The molecule has 0 saturated heterocycles. The van der Waals surface area contributed by atoms with E-state index in [-0.39, 0.29) is 17.6 Å². The van der Waals surface area contributed by atoms with Crippen molar-refractivity contribution in [3.8, 4) is 0 Å². The predicted octanol–water partition coefficient (Wildman–Crippen LogP) is 4.01. The Bertz CT molecular complexity index is 693. The van der Waals surface area contributed by atoms with Gasteiger partial charge in [0.05, 0.1) is 30.5 Å². The summed E-state index contributed by atoms with van der Waals surface area (Å²) in [5, 5.41) is 15.8. The third-order valence-corrected chi connectivity index (χ3v) is 6.68. The van der Waals surface area contributed by atoms with Crippen molar-refractivity contribution in [3.63, 3.8) is 0 Å². The summed E-state index contributed by atoms with van der Waals surface area (Å²) in [6.07, 6.45) is 4.47. The van der Waals surface area contributed by atoms with Crippen LogP contribution in [0.5, 0.6) is 0 Å². The smallest absolute Gasteiger partial charge is 0.0716 e. The molecule has 1 aromatic rings. The van der Waals surface area contributed by atoms with Gasteiger partial charge in [0.2, 0.25) is 0 Å². The molecule has 0 aliphatic heterocycles. The van der Waals surface area contributed by atoms with Crippen LogP contribution >= 0.6 is 0 Å². The van der Waals surface area contributed by atoms with E-state index < -0.39 is 5.60 Å². The molecule has 5 unspecified atom stereocenters. The SMILES string of the molecule is COCCOC12CC3CC(C1)C(C(N=[N+]=[N-])c1ccccc1)[C@](O)(C3)C2. The van der Waals surface area contributed by atoms with Crippen LogP contribution in [0.3, 0.4) is 0 Å². The lowest BCUT2D eigenvalue weighted by Gasteiger charge is -2.64. The maximum absolute atomic E-state index is 11.6. The van der Waals surface area contributed by atoms with E-state index in [0.29, 0.717) is 31.5 Å². The van der Waals surface area contributed by atoms with Gasteiger partial charge in [0.25, 0.3) is 0 Å². The molecule has 4 fully saturated rings. The highest BCUT2D eigenvalue weighted by atomic mass is 16.5. The number of ether oxygens (including phenoxy) is 2. The quantitative estimate of drug-likeness (QED) is 0.346. The molecule has 1 aromatic carbocycles. The van der Waals surface area contributed by atoms with E-state index in [2.05, 4.69) is 10.0 Å². The fourth-order valence-corrected chi connectivity index (χ4v) is 6.19. The first-order valence-electron chi connectivity index (χ1n) is 9.54. The van der Waals surface area contributed by atoms with Crippen molar-refractivity contribution in [1.82, 2.24) is 0 Å². The average Bonchev–Trinajstić information content (AvgIpc) is 2.60. The number of azide groups is 1. The minimum absolute atomic E-state index is 0.0449. The first-order chi connectivity index (χ1) is 12.6. The number of benzene rings is 1. The van der Waals surface area contributed by atoms with E-state index in [4.69, 9.17) is 15.0 Å². The van der Waals surface area contributed by atoms with E-state index in [1.807, 2.05) is 30.3 Å². The van der Waals surface area contributed by atoms with Crippen molar-refractivity contribution in [2.24, 2.45) is 22.9 Å². The van der Waals surface area contributed by atoms with Gasteiger partial charge >= 0.3 is 0 Å². The first-order valence-corrected chi connectivity index (χ1v) is 9.54. The molecule has 6 atom stereocenters. The van der Waals surface area contributed by atoms with Gasteiger partial charge in [0, 0.05) is 24.4 Å². The molecule has 4 saturated carbocycles. The molecule has 4 bridgehead atoms. The van der Waals surface area contributed by atoms with Crippen LogP contribution in [0.15, 0.2) is 35.4 Å². The molecular formula is C20H27N3O3. The third-order valence-electron chi connectivity index (χ3n) is 6.68. The lowest BCUT2D eigenvalue weighted by atomic mass is 9.46. The van der Waals surface area contributed by atoms with Crippen molar-refractivity contribution < 1.29 is 14.6 Å². The minimum atomic E-state index is -0.828. The highest BCUT2D eigenvalue weighted by molar-refractivity contribution is 5.25. The van der Waals surface area contributed by atoms with Crippen molar-refractivity contribution in [1.29, 1.82) is 0 Å². The molecule has 5 rings (SSSR count). The van der Waals surface area contributed by atoms with Crippen LogP contribution in [0.25, 0.3) is 10.4 Å². The standard InChI is InChI=1S/C20H27N3O3/c1-25-7-8-26-19-10-14-9-16(12-19)17(20(24,11-14)13-19)18(22-23-21)15-5-3-2-4-6-15/h2-6,14,16-18,24H,7-13H2,1H3/t14?,16?,17?,18?,19?,20-/m0/s1. The Balaban J connectivity index is 1.64. The van der Waals surface area contributed by atoms with E-state index in [0.717, 1.165) is 31.2 Å². The van der Waals surface area contributed by atoms with E-state index in [1.54, 1.807) is 7.11 Å². The van der Waals surface area contributed by atoms with Crippen molar-refractivity contribution in [2.75, 3.05) is 20.3 Å². The molecule has 6 heteroatoms. The summed E-state index contributed by atoms with van der Waals surface area (Å²) < 4.78 is 11.4. The Morgan fingerprint density at radius 2 is 2.08 bits per heavy atom. The maximum atomic E-state index is 11.6. The summed E-state index contributed by atoms with van der Waals surface area (Å²) in [5.74, 6) is 0.768.